The molecule has 0 aliphatic heterocycles. The predicted molar refractivity (Wildman–Crippen MR) is 61.0 cm³/mol. The number of benzene rings is 1. The highest BCUT2D eigenvalue weighted by molar-refractivity contribution is 5.81. The van der Waals surface area contributed by atoms with Gasteiger partial charge in [0.25, 0.3) is 0 Å². The summed E-state index contributed by atoms with van der Waals surface area (Å²) in [5.74, 6) is 0.189. The monoisotopic (exact) mass is 207 g/mol. The second-order valence-corrected chi connectivity index (χ2v) is 3.61. The van der Waals surface area contributed by atoms with Crippen LogP contribution in [0, 0.1) is 6.92 Å². The molecule has 15 heavy (non-hydrogen) atoms. The molecule has 1 atom stereocenters. The van der Waals surface area contributed by atoms with E-state index in [2.05, 4.69) is 35.6 Å². The van der Waals surface area contributed by atoms with Gasteiger partial charge >= 0.3 is 0 Å². The highest BCUT2D eigenvalue weighted by atomic mass is 16.4. The van der Waals surface area contributed by atoms with Crippen LogP contribution in [0.3, 0.4) is 0 Å². The molecule has 0 aliphatic carbocycles. The van der Waals surface area contributed by atoms with Gasteiger partial charge in [0.15, 0.2) is 5.84 Å². The number of aryl methyl sites for hydroxylation is 1. The van der Waals surface area contributed by atoms with Gasteiger partial charge in [0, 0.05) is 6.04 Å². The Morgan fingerprint density at radius 2 is 2.33 bits per heavy atom. The van der Waals surface area contributed by atoms with Crippen LogP contribution in [0.1, 0.15) is 24.1 Å². The summed E-state index contributed by atoms with van der Waals surface area (Å²) in [5, 5.41) is 14.4. The van der Waals surface area contributed by atoms with Crippen LogP contribution in [0.4, 0.5) is 0 Å². The molecule has 1 aromatic rings. The highest BCUT2D eigenvalue weighted by Gasteiger charge is 2.04. The summed E-state index contributed by atoms with van der Waals surface area (Å²) in [4.78, 5) is 0. The molecule has 0 aromatic heterocycles. The van der Waals surface area contributed by atoms with Crippen LogP contribution in [0.15, 0.2) is 29.4 Å². The van der Waals surface area contributed by atoms with Crippen molar-refractivity contribution in [3.63, 3.8) is 0 Å². The number of amidine groups is 1. The zero-order chi connectivity index (χ0) is 11.3. The number of hydrogen-bond acceptors (Lipinski definition) is 3. The number of rotatable bonds is 4. The van der Waals surface area contributed by atoms with E-state index in [4.69, 9.17) is 10.9 Å². The van der Waals surface area contributed by atoms with Gasteiger partial charge in [0.2, 0.25) is 0 Å². The van der Waals surface area contributed by atoms with Crippen LogP contribution in [-0.2, 0) is 0 Å². The smallest absolute Gasteiger partial charge is 0.153 e. The van der Waals surface area contributed by atoms with Gasteiger partial charge in [0.05, 0.1) is 6.54 Å². The largest absolute Gasteiger partial charge is 0.409 e. The molecule has 0 spiro atoms. The van der Waals surface area contributed by atoms with E-state index >= 15 is 0 Å². The first-order valence-electron chi connectivity index (χ1n) is 4.90. The van der Waals surface area contributed by atoms with Crippen LogP contribution in [-0.4, -0.2) is 17.6 Å². The molecular weight excluding hydrogens is 190 g/mol. The second-order valence-electron chi connectivity index (χ2n) is 3.61. The van der Waals surface area contributed by atoms with Crippen LogP contribution in [0.5, 0.6) is 0 Å². The van der Waals surface area contributed by atoms with Gasteiger partial charge in [-0.05, 0) is 19.4 Å². The molecule has 0 saturated carbocycles. The Balaban J connectivity index is 2.57. The van der Waals surface area contributed by atoms with E-state index in [0.29, 0.717) is 6.54 Å². The molecule has 1 aromatic carbocycles. The van der Waals surface area contributed by atoms with Crippen molar-refractivity contribution < 1.29 is 5.21 Å². The third kappa shape index (κ3) is 3.59. The minimum atomic E-state index is 0.185. The van der Waals surface area contributed by atoms with E-state index in [1.807, 2.05) is 13.0 Å². The average molecular weight is 207 g/mol. The zero-order valence-electron chi connectivity index (χ0n) is 9.07. The molecule has 0 aliphatic rings. The number of nitrogens with one attached hydrogen (secondary N) is 1. The molecule has 0 fully saturated rings. The standard InChI is InChI=1S/C11H17N3O/c1-8-4-3-5-10(6-8)9(2)13-7-11(12)14-15/h3-6,9,13,15H,7H2,1-2H3,(H2,12,14)/t9-/m1/s1. The Kier molecular flexibility index (Phi) is 4.12. The first-order valence-corrected chi connectivity index (χ1v) is 4.90. The third-order valence-corrected chi connectivity index (χ3v) is 2.26. The summed E-state index contributed by atoms with van der Waals surface area (Å²) in [7, 11) is 0. The summed E-state index contributed by atoms with van der Waals surface area (Å²) >= 11 is 0. The maximum absolute atomic E-state index is 8.39. The molecule has 0 bridgehead atoms. The van der Waals surface area contributed by atoms with E-state index in [1.54, 1.807) is 0 Å². The topological polar surface area (TPSA) is 70.6 Å². The first-order chi connectivity index (χ1) is 7.13. The summed E-state index contributed by atoms with van der Waals surface area (Å²) in [6.07, 6.45) is 0. The number of hydrogen-bond donors (Lipinski definition) is 3. The van der Waals surface area contributed by atoms with E-state index in [0.717, 1.165) is 0 Å². The van der Waals surface area contributed by atoms with Crippen molar-refractivity contribution >= 4 is 5.84 Å². The highest BCUT2D eigenvalue weighted by Crippen LogP contribution is 2.12. The zero-order valence-corrected chi connectivity index (χ0v) is 9.07. The van der Waals surface area contributed by atoms with Crippen molar-refractivity contribution in [1.82, 2.24) is 5.32 Å². The van der Waals surface area contributed by atoms with Gasteiger partial charge < -0.3 is 16.3 Å². The number of nitrogens with two attached hydrogens (primary N) is 1. The summed E-state index contributed by atoms with van der Waals surface area (Å²) < 4.78 is 0. The fourth-order valence-electron chi connectivity index (χ4n) is 1.35. The van der Waals surface area contributed by atoms with E-state index in [-0.39, 0.29) is 11.9 Å². The van der Waals surface area contributed by atoms with Crippen molar-refractivity contribution in [2.24, 2.45) is 10.9 Å². The van der Waals surface area contributed by atoms with Gasteiger partial charge in [-0.15, -0.1) is 0 Å². The molecule has 0 saturated heterocycles. The van der Waals surface area contributed by atoms with E-state index < -0.39 is 0 Å². The molecular formula is C11H17N3O. The number of oxime groups is 1. The lowest BCUT2D eigenvalue weighted by atomic mass is 10.1. The lowest BCUT2D eigenvalue weighted by Gasteiger charge is -2.13. The van der Waals surface area contributed by atoms with Gasteiger partial charge in [-0.3, -0.25) is 0 Å². The molecule has 4 N–H and O–H groups in total. The molecule has 0 radical (unpaired) electrons. The molecule has 4 heteroatoms. The van der Waals surface area contributed by atoms with Crippen LogP contribution < -0.4 is 11.1 Å². The summed E-state index contributed by atoms with van der Waals surface area (Å²) in [6, 6.07) is 8.43. The fraction of sp³-hybridized carbons (Fsp3) is 0.364. The second kappa shape index (κ2) is 5.36. The average Bonchev–Trinajstić information content (AvgIpc) is 2.25. The lowest BCUT2D eigenvalue weighted by Crippen LogP contribution is -2.30. The molecule has 0 unspecified atom stereocenters. The van der Waals surface area contributed by atoms with Crippen LogP contribution in [0.25, 0.3) is 0 Å². The minimum absolute atomic E-state index is 0.185. The van der Waals surface area contributed by atoms with Gasteiger partial charge in [0.1, 0.15) is 0 Å². The predicted octanol–water partition coefficient (Wildman–Crippen LogP) is 1.39. The van der Waals surface area contributed by atoms with Crippen molar-refractivity contribution in [2.75, 3.05) is 6.54 Å². The Morgan fingerprint density at radius 3 is 2.93 bits per heavy atom. The van der Waals surface area contributed by atoms with Crippen LogP contribution in [0.2, 0.25) is 0 Å². The normalized spacial score (nSPS) is 13.9. The summed E-state index contributed by atoms with van der Waals surface area (Å²) in [5.41, 5.74) is 7.79. The molecule has 4 nitrogen and oxygen atoms in total. The minimum Gasteiger partial charge on any atom is -0.409 e. The lowest BCUT2D eigenvalue weighted by molar-refractivity contribution is 0.316. The SMILES string of the molecule is Cc1cccc([C@@H](C)NC/C(N)=N/O)c1. The maximum atomic E-state index is 8.39. The first kappa shape index (κ1) is 11.5. The molecule has 0 heterocycles. The van der Waals surface area contributed by atoms with Gasteiger partial charge in [-0.1, -0.05) is 35.0 Å². The quantitative estimate of drug-likeness (QED) is 0.302. The molecule has 1 rings (SSSR count). The van der Waals surface area contributed by atoms with Crippen molar-refractivity contribution in [3.05, 3.63) is 35.4 Å². The Bertz CT molecular complexity index is 349. The van der Waals surface area contributed by atoms with E-state index in [1.165, 1.54) is 11.1 Å². The fourth-order valence-corrected chi connectivity index (χ4v) is 1.35. The Morgan fingerprint density at radius 1 is 1.60 bits per heavy atom. The van der Waals surface area contributed by atoms with Crippen molar-refractivity contribution in [2.45, 2.75) is 19.9 Å². The Labute approximate surface area is 89.8 Å². The van der Waals surface area contributed by atoms with Gasteiger partial charge in [-0.2, -0.15) is 0 Å². The third-order valence-electron chi connectivity index (χ3n) is 2.26. The number of nitrogens with zero attached hydrogens (tertiary/aromatic N) is 1. The summed E-state index contributed by atoms with van der Waals surface area (Å²) in [6.45, 7) is 4.48. The van der Waals surface area contributed by atoms with Crippen molar-refractivity contribution in [3.8, 4) is 0 Å². The van der Waals surface area contributed by atoms with Crippen molar-refractivity contribution in [1.29, 1.82) is 0 Å². The van der Waals surface area contributed by atoms with E-state index in [9.17, 15) is 0 Å². The Hall–Kier alpha value is -1.55. The molecule has 0 amide bonds. The van der Waals surface area contributed by atoms with Gasteiger partial charge in [-0.25, -0.2) is 0 Å². The maximum Gasteiger partial charge on any atom is 0.153 e. The van der Waals surface area contributed by atoms with Crippen LogP contribution >= 0.6 is 0 Å². The molecule has 82 valence electrons.